The number of hydrogen-bond donors (Lipinski definition) is 1. The van der Waals surface area contributed by atoms with Gasteiger partial charge in [0.1, 0.15) is 13.2 Å². The summed E-state index contributed by atoms with van der Waals surface area (Å²) < 4.78 is 5.27. The minimum atomic E-state index is -0.206. The summed E-state index contributed by atoms with van der Waals surface area (Å²) in [7, 11) is 0. The van der Waals surface area contributed by atoms with Gasteiger partial charge in [0, 0.05) is 0 Å². The maximum atomic E-state index is 11.7. The lowest BCUT2D eigenvalue weighted by Gasteiger charge is -2.23. The van der Waals surface area contributed by atoms with Gasteiger partial charge in [0.2, 0.25) is 0 Å². The van der Waals surface area contributed by atoms with Crippen LogP contribution in [-0.4, -0.2) is 32.2 Å². The van der Waals surface area contributed by atoms with Crippen LogP contribution in [0.1, 0.15) is 29.6 Å². The molecule has 1 saturated heterocycles. The quantitative estimate of drug-likeness (QED) is 0.785. The van der Waals surface area contributed by atoms with Crippen molar-refractivity contribution in [3.63, 3.8) is 0 Å². The Morgan fingerprint density at radius 2 is 1.82 bits per heavy atom. The molecule has 1 aliphatic heterocycles. The molecule has 0 atom stereocenters. The molecule has 0 unspecified atom stereocenters. The molecule has 3 nitrogen and oxygen atoms in total. The van der Waals surface area contributed by atoms with E-state index in [2.05, 4.69) is 0 Å². The Labute approximate surface area is 102 Å². The first kappa shape index (κ1) is 12.1. The van der Waals surface area contributed by atoms with Gasteiger partial charge in [-0.15, -0.1) is 0 Å². The number of carbonyl (C=O) groups excluding carboxylic acids is 1. The van der Waals surface area contributed by atoms with Gasteiger partial charge in [-0.05, 0) is 31.4 Å². The van der Waals surface area contributed by atoms with Crippen molar-refractivity contribution >= 4 is 5.97 Å². The highest BCUT2D eigenvalue weighted by molar-refractivity contribution is 5.89. The number of hydrogen-bond acceptors (Lipinski definition) is 2. The first-order valence-electron chi connectivity index (χ1n) is 6.42. The minimum Gasteiger partial charge on any atom is -0.456 e. The molecule has 1 N–H and O–H groups in total. The molecule has 1 aromatic carbocycles. The molecular weight excluding hydrogens is 214 g/mol. The predicted molar refractivity (Wildman–Crippen MR) is 66.1 cm³/mol. The van der Waals surface area contributed by atoms with Crippen LogP contribution in [-0.2, 0) is 4.74 Å². The summed E-state index contributed by atoms with van der Waals surface area (Å²) in [6.07, 6.45) is 3.97. The highest BCUT2D eigenvalue weighted by Gasteiger charge is 2.14. The lowest BCUT2D eigenvalue weighted by Crippen LogP contribution is -3.13. The largest absolute Gasteiger partial charge is 0.456 e. The molecule has 0 saturated carbocycles. The van der Waals surface area contributed by atoms with Crippen molar-refractivity contribution < 1.29 is 14.4 Å². The lowest BCUT2D eigenvalue weighted by atomic mass is 10.1. The Morgan fingerprint density at radius 1 is 1.12 bits per heavy atom. The van der Waals surface area contributed by atoms with Crippen molar-refractivity contribution in [3.8, 4) is 0 Å². The summed E-state index contributed by atoms with van der Waals surface area (Å²) in [6.45, 7) is 3.92. The molecule has 1 fully saturated rings. The van der Waals surface area contributed by atoms with Crippen molar-refractivity contribution in [3.05, 3.63) is 35.9 Å². The highest BCUT2D eigenvalue weighted by Crippen LogP contribution is 2.00. The van der Waals surface area contributed by atoms with Crippen molar-refractivity contribution in [2.75, 3.05) is 26.2 Å². The van der Waals surface area contributed by atoms with Crippen LogP contribution in [0.3, 0.4) is 0 Å². The van der Waals surface area contributed by atoms with Crippen LogP contribution in [0.2, 0.25) is 0 Å². The van der Waals surface area contributed by atoms with Gasteiger partial charge in [0.15, 0.2) is 0 Å². The fourth-order valence-electron chi connectivity index (χ4n) is 2.25. The second kappa shape index (κ2) is 6.40. The first-order valence-corrected chi connectivity index (χ1v) is 6.42. The fraction of sp³-hybridized carbons (Fsp3) is 0.500. The summed E-state index contributed by atoms with van der Waals surface area (Å²) in [5, 5.41) is 0. The molecular formula is C14H20NO2+. The van der Waals surface area contributed by atoms with E-state index in [1.165, 1.54) is 32.4 Å². The number of likely N-dealkylation sites (tertiary alicyclic amines) is 1. The van der Waals surface area contributed by atoms with E-state index in [4.69, 9.17) is 4.74 Å². The van der Waals surface area contributed by atoms with Crippen molar-refractivity contribution in [2.24, 2.45) is 0 Å². The van der Waals surface area contributed by atoms with Gasteiger partial charge in [-0.2, -0.15) is 0 Å². The second-order valence-corrected chi connectivity index (χ2v) is 4.56. The van der Waals surface area contributed by atoms with Crippen LogP contribution in [0.25, 0.3) is 0 Å². The Morgan fingerprint density at radius 3 is 2.53 bits per heavy atom. The molecule has 0 bridgehead atoms. The standard InChI is InChI=1S/C14H19NO2/c16-14(13-7-3-1-4-8-13)17-12-11-15-9-5-2-6-10-15/h1,3-4,7-8H,2,5-6,9-12H2/p+1. The number of ether oxygens (including phenoxy) is 1. The van der Waals surface area contributed by atoms with Gasteiger partial charge in [-0.25, -0.2) is 4.79 Å². The van der Waals surface area contributed by atoms with Crippen LogP contribution in [0, 0.1) is 0 Å². The molecule has 92 valence electrons. The van der Waals surface area contributed by atoms with Crippen molar-refractivity contribution in [1.82, 2.24) is 0 Å². The maximum Gasteiger partial charge on any atom is 0.338 e. The third-order valence-electron chi connectivity index (χ3n) is 3.26. The SMILES string of the molecule is O=C(OCC[NH+]1CCCCC1)c1ccccc1. The van der Waals surface area contributed by atoms with E-state index in [0.717, 1.165) is 6.54 Å². The van der Waals surface area contributed by atoms with Gasteiger partial charge in [0.25, 0.3) is 0 Å². The zero-order valence-corrected chi connectivity index (χ0v) is 10.2. The third kappa shape index (κ3) is 3.86. The number of nitrogens with one attached hydrogen (secondary N) is 1. The average Bonchev–Trinajstić information content (AvgIpc) is 2.41. The van der Waals surface area contributed by atoms with E-state index in [1.54, 1.807) is 17.0 Å². The predicted octanol–water partition coefficient (Wildman–Crippen LogP) is 0.912. The van der Waals surface area contributed by atoms with Crippen molar-refractivity contribution in [1.29, 1.82) is 0 Å². The molecule has 0 aromatic heterocycles. The van der Waals surface area contributed by atoms with Crippen LogP contribution in [0.4, 0.5) is 0 Å². The Bertz CT molecular complexity index is 344. The number of quaternary nitrogens is 1. The van der Waals surface area contributed by atoms with Gasteiger partial charge >= 0.3 is 5.97 Å². The molecule has 1 aromatic rings. The molecule has 2 rings (SSSR count). The monoisotopic (exact) mass is 234 g/mol. The summed E-state index contributed by atoms with van der Waals surface area (Å²) in [5.41, 5.74) is 0.640. The summed E-state index contributed by atoms with van der Waals surface area (Å²) in [4.78, 5) is 13.2. The molecule has 0 aliphatic carbocycles. The Balaban J connectivity index is 1.69. The topological polar surface area (TPSA) is 30.7 Å². The molecule has 0 amide bonds. The van der Waals surface area contributed by atoms with E-state index >= 15 is 0 Å². The van der Waals surface area contributed by atoms with Crippen LogP contribution in [0.5, 0.6) is 0 Å². The first-order chi connectivity index (χ1) is 8.36. The molecule has 1 heterocycles. The number of carbonyl (C=O) groups is 1. The highest BCUT2D eigenvalue weighted by atomic mass is 16.5. The van der Waals surface area contributed by atoms with Gasteiger partial charge < -0.3 is 9.64 Å². The maximum absolute atomic E-state index is 11.7. The van der Waals surface area contributed by atoms with E-state index in [9.17, 15) is 4.79 Å². The van der Waals surface area contributed by atoms with Gasteiger partial charge in [0.05, 0.1) is 18.7 Å². The molecule has 17 heavy (non-hydrogen) atoms. The lowest BCUT2D eigenvalue weighted by molar-refractivity contribution is -0.905. The minimum absolute atomic E-state index is 0.206. The van der Waals surface area contributed by atoms with Crippen LogP contribution < -0.4 is 4.90 Å². The second-order valence-electron chi connectivity index (χ2n) is 4.56. The Kier molecular flexibility index (Phi) is 4.56. The van der Waals surface area contributed by atoms with E-state index in [0.29, 0.717) is 12.2 Å². The molecule has 1 aliphatic rings. The van der Waals surface area contributed by atoms with Crippen LogP contribution in [0.15, 0.2) is 30.3 Å². The van der Waals surface area contributed by atoms with Crippen LogP contribution >= 0.6 is 0 Å². The average molecular weight is 234 g/mol. The smallest absolute Gasteiger partial charge is 0.338 e. The van der Waals surface area contributed by atoms with E-state index < -0.39 is 0 Å². The summed E-state index contributed by atoms with van der Waals surface area (Å²) >= 11 is 0. The zero-order valence-electron chi connectivity index (χ0n) is 10.2. The number of piperidine rings is 1. The van der Waals surface area contributed by atoms with Crippen molar-refractivity contribution in [2.45, 2.75) is 19.3 Å². The zero-order chi connectivity index (χ0) is 11.9. The fourth-order valence-corrected chi connectivity index (χ4v) is 2.25. The third-order valence-corrected chi connectivity index (χ3v) is 3.26. The summed E-state index contributed by atoms with van der Waals surface area (Å²) in [5.74, 6) is -0.206. The Hall–Kier alpha value is -1.35. The molecule has 3 heteroatoms. The molecule has 0 radical (unpaired) electrons. The van der Waals surface area contributed by atoms with Gasteiger partial charge in [-0.1, -0.05) is 18.2 Å². The normalized spacial score (nSPS) is 16.7. The molecule has 0 spiro atoms. The van der Waals surface area contributed by atoms with E-state index in [-0.39, 0.29) is 5.97 Å². The number of rotatable bonds is 4. The number of benzene rings is 1. The van der Waals surface area contributed by atoms with Gasteiger partial charge in [-0.3, -0.25) is 0 Å². The van der Waals surface area contributed by atoms with E-state index in [1.807, 2.05) is 18.2 Å². The summed E-state index contributed by atoms with van der Waals surface area (Å²) in [6, 6.07) is 9.18. The number of esters is 1.